The lowest BCUT2D eigenvalue weighted by Gasteiger charge is -2.10. The van der Waals surface area contributed by atoms with E-state index in [1.165, 1.54) is 6.33 Å². The molecule has 1 N–H and O–H groups in total. The number of nitrogens with zero attached hydrogens (tertiary/aromatic N) is 4. The van der Waals surface area contributed by atoms with Crippen molar-refractivity contribution in [3.63, 3.8) is 0 Å². The van der Waals surface area contributed by atoms with E-state index in [1.807, 2.05) is 36.4 Å². The Morgan fingerprint density at radius 3 is 2.91 bits per heavy atom. The summed E-state index contributed by atoms with van der Waals surface area (Å²) in [5.74, 6) is 1.76. The third-order valence-corrected chi connectivity index (χ3v) is 3.06. The Balaban J connectivity index is 1.76. The molecular formula is C16H15N5O2. The number of benzene rings is 1. The molecule has 0 saturated carbocycles. The summed E-state index contributed by atoms with van der Waals surface area (Å²) in [7, 11) is 1.63. The van der Waals surface area contributed by atoms with Gasteiger partial charge in [-0.1, -0.05) is 6.07 Å². The third kappa shape index (κ3) is 3.91. The minimum atomic E-state index is 0.351. The van der Waals surface area contributed by atoms with Crippen molar-refractivity contribution in [3.05, 3.63) is 60.0 Å². The van der Waals surface area contributed by atoms with E-state index in [2.05, 4.69) is 25.2 Å². The lowest BCUT2D eigenvalue weighted by atomic mass is 10.1. The highest BCUT2D eigenvalue weighted by Gasteiger charge is 2.05. The predicted octanol–water partition coefficient (Wildman–Crippen LogP) is 2.54. The maximum Gasteiger partial charge on any atom is 0.245 e. The van der Waals surface area contributed by atoms with Crippen LogP contribution in [0.4, 0.5) is 5.95 Å². The van der Waals surface area contributed by atoms with Crippen LogP contribution in [-0.4, -0.2) is 33.5 Å². The van der Waals surface area contributed by atoms with E-state index in [0.717, 1.165) is 16.9 Å². The van der Waals surface area contributed by atoms with Gasteiger partial charge in [0.25, 0.3) is 0 Å². The maximum atomic E-state index is 5.68. The molecule has 0 aliphatic rings. The molecule has 0 atom stereocenters. The highest BCUT2D eigenvalue weighted by molar-refractivity contribution is 5.81. The number of ether oxygens (including phenoxy) is 2. The van der Waals surface area contributed by atoms with Gasteiger partial charge >= 0.3 is 0 Å². The van der Waals surface area contributed by atoms with Crippen molar-refractivity contribution in [2.24, 2.45) is 4.99 Å². The molecule has 1 aromatic carbocycles. The summed E-state index contributed by atoms with van der Waals surface area (Å²) in [6, 6.07) is 11.2. The lowest BCUT2D eigenvalue weighted by molar-refractivity contribution is 0.285. The summed E-state index contributed by atoms with van der Waals surface area (Å²) < 4.78 is 11.0. The minimum absolute atomic E-state index is 0.351. The van der Waals surface area contributed by atoms with Gasteiger partial charge in [-0.2, -0.15) is 10.1 Å². The van der Waals surface area contributed by atoms with Gasteiger partial charge in [-0.15, -0.1) is 0 Å². The number of rotatable bonds is 6. The van der Waals surface area contributed by atoms with Crippen molar-refractivity contribution in [2.75, 3.05) is 7.11 Å². The summed E-state index contributed by atoms with van der Waals surface area (Å²) in [4.78, 5) is 12.3. The first kappa shape index (κ1) is 14.7. The Hall–Kier alpha value is -3.22. The van der Waals surface area contributed by atoms with Crippen molar-refractivity contribution >= 4 is 12.2 Å². The van der Waals surface area contributed by atoms with E-state index in [-0.39, 0.29) is 0 Å². The van der Waals surface area contributed by atoms with Crippen molar-refractivity contribution in [3.8, 4) is 11.6 Å². The zero-order chi connectivity index (χ0) is 15.9. The fourth-order valence-corrected chi connectivity index (χ4v) is 1.97. The second-order valence-electron chi connectivity index (χ2n) is 4.60. The second kappa shape index (κ2) is 7.17. The smallest absolute Gasteiger partial charge is 0.245 e. The molecule has 0 saturated heterocycles. The van der Waals surface area contributed by atoms with Gasteiger partial charge in [0.15, 0.2) is 0 Å². The summed E-state index contributed by atoms with van der Waals surface area (Å²) in [6.07, 6.45) is 4.80. The molecule has 0 fully saturated rings. The zero-order valence-corrected chi connectivity index (χ0v) is 12.5. The fraction of sp³-hybridized carbons (Fsp3) is 0.125. The molecule has 0 aliphatic heterocycles. The standard InChI is InChI=1S/C16H15N5O2/c1-22-14-6-5-12(9-18-16-19-11-20-21-16)8-13(14)10-23-15-4-2-3-7-17-15/h2-9,11H,10H2,1H3,(H,19,20,21)/b18-9+. The van der Waals surface area contributed by atoms with Crippen molar-refractivity contribution in [1.29, 1.82) is 0 Å². The van der Waals surface area contributed by atoms with Crippen molar-refractivity contribution in [2.45, 2.75) is 6.61 Å². The molecule has 0 spiro atoms. The van der Waals surface area contributed by atoms with E-state index in [1.54, 1.807) is 19.5 Å². The predicted molar refractivity (Wildman–Crippen MR) is 85.2 cm³/mol. The number of pyridine rings is 1. The summed E-state index contributed by atoms with van der Waals surface area (Å²) in [5, 5.41) is 6.42. The Bertz CT molecular complexity index is 772. The molecule has 116 valence electrons. The highest BCUT2D eigenvalue weighted by Crippen LogP contribution is 2.21. The lowest BCUT2D eigenvalue weighted by Crippen LogP contribution is -2.01. The average molecular weight is 309 g/mol. The van der Waals surface area contributed by atoms with Gasteiger partial charge in [0.1, 0.15) is 18.7 Å². The monoisotopic (exact) mass is 309 g/mol. The van der Waals surface area contributed by atoms with Gasteiger partial charge in [0.05, 0.1) is 7.11 Å². The first-order valence-electron chi connectivity index (χ1n) is 6.95. The van der Waals surface area contributed by atoms with E-state index >= 15 is 0 Å². The van der Waals surface area contributed by atoms with Crippen molar-refractivity contribution < 1.29 is 9.47 Å². The molecule has 3 aromatic rings. The van der Waals surface area contributed by atoms with Gasteiger partial charge < -0.3 is 9.47 Å². The van der Waals surface area contributed by atoms with E-state index in [9.17, 15) is 0 Å². The molecule has 7 nitrogen and oxygen atoms in total. The Morgan fingerprint density at radius 2 is 2.17 bits per heavy atom. The van der Waals surface area contributed by atoms with Gasteiger partial charge in [0.2, 0.25) is 11.8 Å². The van der Waals surface area contributed by atoms with Crippen LogP contribution in [0.3, 0.4) is 0 Å². The number of H-pyrrole nitrogens is 1. The van der Waals surface area contributed by atoms with E-state index in [4.69, 9.17) is 9.47 Å². The molecule has 7 heteroatoms. The number of nitrogens with one attached hydrogen (secondary N) is 1. The molecule has 3 rings (SSSR count). The number of hydrogen-bond donors (Lipinski definition) is 1. The van der Waals surface area contributed by atoms with Crippen LogP contribution in [0, 0.1) is 0 Å². The Labute approximate surface area is 133 Å². The summed E-state index contributed by atoms with van der Waals surface area (Å²) in [6.45, 7) is 0.351. The van der Waals surface area contributed by atoms with Crippen LogP contribution >= 0.6 is 0 Å². The van der Waals surface area contributed by atoms with Crippen LogP contribution in [-0.2, 0) is 6.61 Å². The fourth-order valence-electron chi connectivity index (χ4n) is 1.97. The molecule has 0 bridgehead atoms. The first-order valence-corrected chi connectivity index (χ1v) is 6.95. The molecule has 2 heterocycles. The molecule has 23 heavy (non-hydrogen) atoms. The summed E-state index contributed by atoms with van der Waals surface area (Å²) >= 11 is 0. The van der Waals surface area contributed by atoms with Crippen LogP contribution in [0.2, 0.25) is 0 Å². The molecule has 2 aromatic heterocycles. The summed E-state index contributed by atoms with van der Waals surface area (Å²) in [5.41, 5.74) is 1.81. The van der Waals surface area contributed by atoms with Crippen LogP contribution in [0.5, 0.6) is 11.6 Å². The number of methoxy groups -OCH3 is 1. The van der Waals surface area contributed by atoms with Crippen LogP contribution < -0.4 is 9.47 Å². The van der Waals surface area contributed by atoms with Gasteiger partial charge in [-0.3, -0.25) is 0 Å². The zero-order valence-electron chi connectivity index (χ0n) is 12.5. The first-order chi connectivity index (χ1) is 11.3. The van der Waals surface area contributed by atoms with E-state index in [0.29, 0.717) is 18.4 Å². The van der Waals surface area contributed by atoms with Crippen LogP contribution in [0.15, 0.2) is 53.9 Å². The van der Waals surface area contributed by atoms with Crippen LogP contribution in [0.1, 0.15) is 11.1 Å². The van der Waals surface area contributed by atoms with Gasteiger partial charge in [0, 0.05) is 24.0 Å². The molecular weight excluding hydrogens is 294 g/mol. The molecule has 0 unspecified atom stereocenters. The number of aromatic amines is 1. The highest BCUT2D eigenvalue weighted by atomic mass is 16.5. The van der Waals surface area contributed by atoms with Gasteiger partial charge in [-0.25, -0.2) is 15.1 Å². The van der Waals surface area contributed by atoms with Crippen LogP contribution in [0.25, 0.3) is 0 Å². The molecule has 0 amide bonds. The van der Waals surface area contributed by atoms with Gasteiger partial charge in [-0.05, 0) is 29.8 Å². The Kier molecular flexibility index (Phi) is 4.58. The largest absolute Gasteiger partial charge is 0.496 e. The normalized spacial score (nSPS) is 10.8. The quantitative estimate of drug-likeness (QED) is 0.707. The number of hydrogen-bond acceptors (Lipinski definition) is 6. The number of aliphatic imine (C=N–C) groups is 1. The molecule has 0 radical (unpaired) electrons. The SMILES string of the molecule is COc1ccc(/C=N/c2ncn[nH]2)cc1COc1ccccn1. The maximum absolute atomic E-state index is 5.68. The third-order valence-electron chi connectivity index (χ3n) is 3.06. The molecule has 0 aliphatic carbocycles. The second-order valence-corrected chi connectivity index (χ2v) is 4.60. The average Bonchev–Trinajstić information content (AvgIpc) is 3.12. The topological polar surface area (TPSA) is 85.3 Å². The Morgan fingerprint density at radius 1 is 1.22 bits per heavy atom. The van der Waals surface area contributed by atoms with E-state index < -0.39 is 0 Å². The minimum Gasteiger partial charge on any atom is -0.496 e. The van der Waals surface area contributed by atoms with Crippen molar-refractivity contribution in [1.82, 2.24) is 20.2 Å². The number of aromatic nitrogens is 4.